The lowest BCUT2D eigenvalue weighted by molar-refractivity contribution is -0.157. The molecule has 11 amide bonds. The Bertz CT molecular complexity index is 2520. The molecule has 0 spiro atoms. The molecule has 6 N–H and O–H groups in total. The van der Waals surface area contributed by atoms with Crippen molar-refractivity contribution >= 4 is 76.7 Å². The minimum atomic E-state index is -1.66. The number of nitrogens with one attached hydrogen (secondary N) is 4. The summed E-state index contributed by atoms with van der Waals surface area (Å²) >= 11 is 1.09. The van der Waals surface area contributed by atoms with Crippen LogP contribution in [-0.4, -0.2) is 268 Å². The number of thioether (sulfide) groups is 1. The van der Waals surface area contributed by atoms with Gasteiger partial charge in [0.2, 0.25) is 59.1 Å². The highest BCUT2D eigenvalue weighted by Gasteiger charge is 2.47. The maximum atomic E-state index is 15.3. The molecule has 1 fully saturated rings. The first kappa shape index (κ1) is 84.2. The van der Waals surface area contributed by atoms with Crippen molar-refractivity contribution in [3.63, 3.8) is 0 Å². The first-order chi connectivity index (χ1) is 42.3. The first-order valence-corrected chi connectivity index (χ1v) is 33.7. The zero-order valence-electron chi connectivity index (χ0n) is 60.6. The normalized spacial score (nSPS) is 26.8. The predicted octanol–water partition coefficient (Wildman–Crippen LogP) is 3.00. The van der Waals surface area contributed by atoms with Gasteiger partial charge in [-0.05, 0) is 116 Å². The number of rotatable bonds is 19. The average Bonchev–Trinajstić information content (AvgIpc) is 0.830. The first-order valence-electron chi connectivity index (χ1n) is 32.7. The van der Waals surface area contributed by atoms with Crippen molar-refractivity contribution in [1.29, 1.82) is 0 Å². The van der Waals surface area contributed by atoms with Crippen molar-refractivity contribution < 1.29 is 63.0 Å². The number of amides is 11. The second-order valence-corrected chi connectivity index (χ2v) is 29.4. The fraction of sp³-hybridized carbons (Fsp3) is 0.803. The second-order valence-electron chi connectivity index (χ2n) is 28.2. The van der Waals surface area contributed by atoms with Gasteiger partial charge in [-0.15, -0.1) is 11.8 Å². The molecule has 1 aliphatic rings. The van der Waals surface area contributed by atoms with Gasteiger partial charge in [0, 0.05) is 68.1 Å². The second kappa shape index (κ2) is 37.9. The lowest BCUT2D eigenvalue weighted by atomic mass is 9.91. The molecule has 1 heterocycles. The summed E-state index contributed by atoms with van der Waals surface area (Å²) in [5.74, 6) is -10.1. The largest absolute Gasteiger partial charge is 0.390 e. The Balaban J connectivity index is 4.55. The van der Waals surface area contributed by atoms with E-state index in [-0.39, 0.29) is 56.3 Å². The van der Waals surface area contributed by atoms with E-state index in [1.54, 1.807) is 60.6 Å². The van der Waals surface area contributed by atoms with E-state index in [1.807, 2.05) is 60.5 Å². The molecular formula is C66H120N12O13S. The molecular weight excluding hydrogens is 1200 g/mol. The molecule has 0 aromatic heterocycles. The summed E-state index contributed by atoms with van der Waals surface area (Å²) in [5.41, 5.74) is -1.58. The number of carbonyl (C=O) groups is 11. The molecule has 1 aliphatic heterocycles. The summed E-state index contributed by atoms with van der Waals surface area (Å²) in [6, 6.07) is -13.1. The standard InChI is InChI=1S/C66H120N12O13S/c1-27-29-30-42(13)53(79)52-57(83)69-45(28-2)59(85)78(26)65(92-32-31-71(18)19)64(90)75(23)49(36-66(16,17)91)56(82)70-50(40(9)10)62(88)72(20)46(33-37(3)4)55(81)67-43(14)54(80)68-44(15)58(84)73(21)47(34-38(5)6)60(86)74(22)48(35-39(7)8)61(87)76(24)51(41(11)12)63(89)77(52)25/h27,29,37-53,65,79,91H,28,30-36H2,1-26H3,(H,67,81)(H,68,80)(H,69,83)(H,70,82)/b29-27+. The highest BCUT2D eigenvalue weighted by atomic mass is 32.2. The number of aliphatic hydroxyl groups excluding tert-OH is 1. The Kier molecular flexibility index (Phi) is 34.7. The van der Waals surface area contributed by atoms with Gasteiger partial charge >= 0.3 is 0 Å². The van der Waals surface area contributed by atoms with E-state index in [9.17, 15) is 34.2 Å². The Morgan fingerprint density at radius 1 is 0.522 bits per heavy atom. The SMILES string of the molecule is C/C=C/CC(C)C(O)C1C(=O)NC(CC)C(=O)N(C)C(SCCN(C)C)C(=O)N(C)C(CC(C)(C)O)C(=O)NC(C(C)C)C(=O)N(C)C(CC(C)C)C(=O)NC(C)C(=O)NC(C)C(=O)N(C)C(CC(C)C)C(=O)N(C)C(CC(C)C)C(=O)N(C)C(C(C)C)C(=O)N1C. The quantitative estimate of drug-likeness (QED) is 0.101. The monoisotopic (exact) mass is 1320 g/mol. The van der Waals surface area contributed by atoms with Gasteiger partial charge in [-0.2, -0.15) is 0 Å². The summed E-state index contributed by atoms with van der Waals surface area (Å²) in [5, 5.41) is 33.2. The number of likely N-dealkylation sites (N-methyl/N-ethyl adjacent to an activating group) is 7. The van der Waals surface area contributed by atoms with Crippen molar-refractivity contribution in [3.05, 3.63) is 12.2 Å². The van der Waals surface area contributed by atoms with E-state index < -0.39 is 160 Å². The van der Waals surface area contributed by atoms with Crippen LogP contribution < -0.4 is 21.3 Å². The van der Waals surface area contributed by atoms with Crippen molar-refractivity contribution in [2.24, 2.45) is 35.5 Å². The van der Waals surface area contributed by atoms with Crippen molar-refractivity contribution in [1.82, 2.24) is 60.5 Å². The van der Waals surface area contributed by atoms with E-state index >= 15 is 28.8 Å². The molecule has 0 radical (unpaired) electrons. The molecule has 0 aromatic rings. The molecule has 1 saturated heterocycles. The molecule has 0 aliphatic carbocycles. The predicted molar refractivity (Wildman–Crippen MR) is 360 cm³/mol. The van der Waals surface area contributed by atoms with E-state index in [0.717, 1.165) is 26.5 Å². The maximum Gasteiger partial charge on any atom is 0.256 e. The van der Waals surface area contributed by atoms with Crippen LogP contribution in [0.1, 0.15) is 156 Å². The zero-order valence-corrected chi connectivity index (χ0v) is 61.4. The molecule has 528 valence electrons. The third-order valence-corrected chi connectivity index (χ3v) is 18.3. The summed E-state index contributed by atoms with van der Waals surface area (Å²) < 4.78 is 0. The van der Waals surface area contributed by atoms with E-state index in [1.165, 1.54) is 96.6 Å². The molecule has 1 rings (SSSR count). The fourth-order valence-electron chi connectivity index (χ4n) is 11.2. The number of carbonyl (C=O) groups excluding carboxylic acids is 11. The van der Waals surface area contributed by atoms with Gasteiger partial charge in [0.25, 0.3) is 5.91 Å². The Morgan fingerprint density at radius 2 is 0.967 bits per heavy atom. The summed E-state index contributed by atoms with van der Waals surface area (Å²) in [7, 11) is 13.5. The van der Waals surface area contributed by atoms with Crippen LogP contribution in [0, 0.1) is 35.5 Å². The van der Waals surface area contributed by atoms with Gasteiger partial charge in [-0.1, -0.05) is 95.2 Å². The molecule has 0 bridgehead atoms. The summed E-state index contributed by atoms with van der Waals surface area (Å²) in [6.45, 7) is 29.3. The molecule has 25 nitrogen and oxygen atoms in total. The number of hydrogen-bond donors (Lipinski definition) is 6. The number of aliphatic hydroxyl groups is 2. The van der Waals surface area contributed by atoms with Crippen molar-refractivity contribution in [2.45, 2.75) is 234 Å². The van der Waals surface area contributed by atoms with E-state index in [0.29, 0.717) is 12.3 Å². The third-order valence-electron chi connectivity index (χ3n) is 17.0. The molecule has 92 heavy (non-hydrogen) atoms. The van der Waals surface area contributed by atoms with Gasteiger partial charge in [0.1, 0.15) is 60.4 Å². The van der Waals surface area contributed by atoms with E-state index in [2.05, 4.69) is 21.3 Å². The minimum absolute atomic E-state index is 0.0323. The van der Waals surface area contributed by atoms with E-state index in [4.69, 9.17) is 0 Å². The summed E-state index contributed by atoms with van der Waals surface area (Å²) in [4.78, 5) is 174. The van der Waals surface area contributed by atoms with Crippen LogP contribution in [0.15, 0.2) is 12.2 Å². The smallest absolute Gasteiger partial charge is 0.256 e. The van der Waals surface area contributed by atoms with Gasteiger partial charge in [-0.3, -0.25) is 52.7 Å². The van der Waals surface area contributed by atoms with Gasteiger partial charge in [0.15, 0.2) is 5.37 Å². The van der Waals surface area contributed by atoms with Crippen molar-refractivity contribution in [2.75, 3.05) is 75.7 Å². The van der Waals surface area contributed by atoms with Crippen LogP contribution in [0.25, 0.3) is 0 Å². The van der Waals surface area contributed by atoms with Crippen LogP contribution in [0.4, 0.5) is 0 Å². The summed E-state index contributed by atoms with van der Waals surface area (Å²) in [6.07, 6.45) is 2.34. The zero-order chi connectivity index (χ0) is 71.5. The van der Waals surface area contributed by atoms with Gasteiger partial charge in [0.05, 0.1) is 11.7 Å². The molecule has 0 saturated carbocycles. The Hall–Kier alpha value is -5.86. The average molecular weight is 1320 g/mol. The van der Waals surface area contributed by atoms with Gasteiger partial charge < -0.3 is 70.7 Å². The number of allylic oxidation sites excluding steroid dienone is 2. The Morgan fingerprint density at radius 3 is 1.42 bits per heavy atom. The fourth-order valence-corrected chi connectivity index (χ4v) is 12.6. The number of hydrogen-bond acceptors (Lipinski definition) is 15. The Labute approximate surface area is 555 Å². The molecule has 13 unspecified atom stereocenters. The van der Waals surface area contributed by atoms with Gasteiger partial charge in [-0.25, -0.2) is 0 Å². The molecule has 13 atom stereocenters. The lowest BCUT2D eigenvalue weighted by Crippen LogP contribution is -2.64. The minimum Gasteiger partial charge on any atom is -0.390 e. The highest BCUT2D eigenvalue weighted by molar-refractivity contribution is 8.00. The lowest BCUT2D eigenvalue weighted by Gasteiger charge is -2.41. The van der Waals surface area contributed by atoms with Crippen LogP contribution in [0.5, 0.6) is 0 Å². The van der Waals surface area contributed by atoms with Crippen LogP contribution in [0.3, 0.4) is 0 Å². The van der Waals surface area contributed by atoms with Crippen LogP contribution in [-0.2, 0) is 52.7 Å². The molecule has 26 heteroatoms. The topological polar surface area (TPSA) is 302 Å². The molecule has 0 aromatic carbocycles. The maximum absolute atomic E-state index is 15.3. The highest BCUT2D eigenvalue weighted by Crippen LogP contribution is 2.28. The van der Waals surface area contributed by atoms with Crippen LogP contribution in [0.2, 0.25) is 0 Å². The van der Waals surface area contributed by atoms with Crippen molar-refractivity contribution in [3.8, 4) is 0 Å². The van der Waals surface area contributed by atoms with Crippen LogP contribution >= 0.6 is 11.8 Å². The number of nitrogens with zero attached hydrogens (tertiary/aromatic N) is 8. The third kappa shape index (κ3) is 24.2.